The standard InChI is InChI=1S/C19H21N5O/c1-14-10-21-23(12-14)13-16-8-5-9-24(16)19(25)17-11-20-22-18(17)15-6-3-2-4-7-15/h2-4,6-7,10-12,16H,5,8-9,13H2,1H3,(H,20,22). The Kier molecular flexibility index (Phi) is 4.09. The smallest absolute Gasteiger partial charge is 0.258 e. The molecule has 6 nitrogen and oxygen atoms in total. The quantitative estimate of drug-likeness (QED) is 0.797. The minimum atomic E-state index is 0.0407. The van der Waals surface area contributed by atoms with Crippen LogP contribution in [-0.2, 0) is 6.54 Å². The van der Waals surface area contributed by atoms with Gasteiger partial charge in [0.25, 0.3) is 5.91 Å². The highest BCUT2D eigenvalue weighted by Gasteiger charge is 2.31. The fraction of sp³-hybridized carbons (Fsp3) is 0.316. The predicted molar refractivity (Wildman–Crippen MR) is 95.0 cm³/mol. The third-order valence-electron chi connectivity index (χ3n) is 4.73. The number of carbonyl (C=O) groups excluding carboxylic acids is 1. The van der Waals surface area contributed by atoms with Gasteiger partial charge in [-0.2, -0.15) is 10.2 Å². The van der Waals surface area contributed by atoms with Crippen molar-refractivity contribution in [2.24, 2.45) is 0 Å². The van der Waals surface area contributed by atoms with Crippen LogP contribution in [0.2, 0.25) is 0 Å². The van der Waals surface area contributed by atoms with E-state index in [1.54, 1.807) is 6.20 Å². The van der Waals surface area contributed by atoms with E-state index in [4.69, 9.17) is 0 Å². The molecule has 0 radical (unpaired) electrons. The van der Waals surface area contributed by atoms with E-state index in [-0.39, 0.29) is 11.9 Å². The van der Waals surface area contributed by atoms with Crippen LogP contribution in [0.5, 0.6) is 0 Å². The molecule has 0 bridgehead atoms. The van der Waals surface area contributed by atoms with Gasteiger partial charge < -0.3 is 4.90 Å². The lowest BCUT2D eigenvalue weighted by Crippen LogP contribution is -2.38. The Morgan fingerprint density at radius 3 is 2.88 bits per heavy atom. The molecule has 3 heterocycles. The van der Waals surface area contributed by atoms with Gasteiger partial charge in [0.2, 0.25) is 0 Å². The summed E-state index contributed by atoms with van der Waals surface area (Å²) in [4.78, 5) is 15.1. The molecule has 1 saturated heterocycles. The predicted octanol–water partition coefficient (Wildman–Crippen LogP) is 2.89. The molecule has 1 aromatic carbocycles. The Morgan fingerprint density at radius 2 is 2.12 bits per heavy atom. The van der Waals surface area contributed by atoms with Crippen molar-refractivity contribution in [3.8, 4) is 11.3 Å². The van der Waals surface area contributed by atoms with Gasteiger partial charge in [-0.05, 0) is 25.3 Å². The van der Waals surface area contributed by atoms with Crippen LogP contribution in [0.25, 0.3) is 11.3 Å². The van der Waals surface area contributed by atoms with E-state index in [1.807, 2.05) is 59.2 Å². The first kappa shape index (κ1) is 15.6. The van der Waals surface area contributed by atoms with E-state index in [0.29, 0.717) is 5.56 Å². The molecular formula is C19H21N5O. The fourth-order valence-corrected chi connectivity index (χ4v) is 3.50. The first-order chi connectivity index (χ1) is 12.2. The third kappa shape index (κ3) is 3.07. The van der Waals surface area contributed by atoms with Gasteiger partial charge in [0.1, 0.15) is 0 Å². The zero-order chi connectivity index (χ0) is 17.2. The number of carbonyl (C=O) groups is 1. The maximum Gasteiger partial charge on any atom is 0.258 e. The largest absolute Gasteiger partial charge is 0.334 e. The van der Waals surface area contributed by atoms with Crippen LogP contribution >= 0.6 is 0 Å². The van der Waals surface area contributed by atoms with Crippen LogP contribution < -0.4 is 0 Å². The number of H-pyrrole nitrogens is 1. The minimum absolute atomic E-state index is 0.0407. The molecule has 1 N–H and O–H groups in total. The van der Waals surface area contributed by atoms with Crippen molar-refractivity contribution in [2.75, 3.05) is 6.54 Å². The van der Waals surface area contributed by atoms with Gasteiger partial charge in [0.15, 0.2) is 0 Å². The average Bonchev–Trinajstić information content (AvgIpc) is 3.36. The lowest BCUT2D eigenvalue weighted by molar-refractivity contribution is 0.0722. The fourth-order valence-electron chi connectivity index (χ4n) is 3.50. The zero-order valence-electron chi connectivity index (χ0n) is 14.2. The van der Waals surface area contributed by atoms with E-state index in [0.717, 1.165) is 42.8 Å². The van der Waals surface area contributed by atoms with Crippen molar-refractivity contribution >= 4 is 5.91 Å². The van der Waals surface area contributed by atoms with Crippen molar-refractivity contribution in [1.82, 2.24) is 24.9 Å². The summed E-state index contributed by atoms with van der Waals surface area (Å²) in [7, 11) is 0. The minimum Gasteiger partial charge on any atom is -0.334 e. The molecular weight excluding hydrogens is 314 g/mol. The van der Waals surface area contributed by atoms with Gasteiger partial charge in [-0.3, -0.25) is 14.6 Å². The topological polar surface area (TPSA) is 66.8 Å². The van der Waals surface area contributed by atoms with Crippen LogP contribution in [0.1, 0.15) is 28.8 Å². The molecule has 25 heavy (non-hydrogen) atoms. The van der Waals surface area contributed by atoms with Gasteiger partial charge in [0, 0.05) is 18.3 Å². The number of nitrogens with one attached hydrogen (secondary N) is 1. The summed E-state index contributed by atoms with van der Waals surface area (Å²) < 4.78 is 1.93. The van der Waals surface area contributed by atoms with E-state index < -0.39 is 0 Å². The Labute approximate surface area is 146 Å². The number of rotatable bonds is 4. The summed E-state index contributed by atoms with van der Waals surface area (Å²) in [5.41, 5.74) is 3.53. The van der Waals surface area contributed by atoms with Crippen molar-refractivity contribution < 1.29 is 4.79 Å². The second-order valence-electron chi connectivity index (χ2n) is 6.56. The lowest BCUT2D eigenvalue weighted by atomic mass is 10.1. The summed E-state index contributed by atoms with van der Waals surface area (Å²) in [6.45, 7) is 3.54. The third-order valence-corrected chi connectivity index (χ3v) is 4.73. The first-order valence-electron chi connectivity index (χ1n) is 8.61. The maximum absolute atomic E-state index is 13.1. The molecule has 0 aliphatic carbocycles. The van der Waals surface area contributed by atoms with Crippen LogP contribution in [0.15, 0.2) is 48.9 Å². The average molecular weight is 335 g/mol. The van der Waals surface area contributed by atoms with Crippen molar-refractivity contribution in [3.05, 3.63) is 60.0 Å². The number of aromatic amines is 1. The Morgan fingerprint density at radius 1 is 1.28 bits per heavy atom. The number of amides is 1. The highest BCUT2D eigenvalue weighted by molar-refractivity contribution is 6.00. The molecule has 4 rings (SSSR count). The molecule has 6 heteroatoms. The van der Waals surface area contributed by atoms with Crippen LogP contribution in [0, 0.1) is 6.92 Å². The number of aryl methyl sites for hydroxylation is 1. The number of benzene rings is 1. The number of nitrogens with zero attached hydrogens (tertiary/aromatic N) is 4. The van der Waals surface area contributed by atoms with Crippen molar-refractivity contribution in [3.63, 3.8) is 0 Å². The molecule has 3 aromatic rings. The van der Waals surface area contributed by atoms with Gasteiger partial charge in [-0.1, -0.05) is 30.3 Å². The molecule has 1 aliphatic heterocycles. The molecule has 2 aromatic heterocycles. The van der Waals surface area contributed by atoms with Crippen LogP contribution in [0.4, 0.5) is 0 Å². The van der Waals surface area contributed by atoms with E-state index >= 15 is 0 Å². The normalized spacial score (nSPS) is 17.2. The summed E-state index contributed by atoms with van der Waals surface area (Å²) in [5, 5.41) is 11.5. The zero-order valence-corrected chi connectivity index (χ0v) is 14.2. The van der Waals surface area contributed by atoms with Crippen LogP contribution in [0.3, 0.4) is 0 Å². The molecule has 1 amide bonds. The monoisotopic (exact) mass is 335 g/mol. The van der Waals surface area contributed by atoms with Crippen LogP contribution in [-0.4, -0.2) is 43.4 Å². The molecule has 0 spiro atoms. The summed E-state index contributed by atoms with van der Waals surface area (Å²) >= 11 is 0. The summed E-state index contributed by atoms with van der Waals surface area (Å²) in [6, 6.07) is 10.0. The number of aromatic nitrogens is 4. The van der Waals surface area contributed by atoms with E-state index in [2.05, 4.69) is 15.3 Å². The van der Waals surface area contributed by atoms with Gasteiger partial charge in [0.05, 0.1) is 36.2 Å². The highest BCUT2D eigenvalue weighted by atomic mass is 16.2. The Bertz CT molecular complexity index is 867. The molecule has 1 aliphatic rings. The van der Waals surface area contributed by atoms with Crippen molar-refractivity contribution in [2.45, 2.75) is 32.4 Å². The summed E-state index contributed by atoms with van der Waals surface area (Å²) in [5.74, 6) is 0.0407. The summed E-state index contributed by atoms with van der Waals surface area (Å²) in [6.07, 6.45) is 7.54. The van der Waals surface area contributed by atoms with E-state index in [1.165, 1.54) is 0 Å². The van der Waals surface area contributed by atoms with E-state index in [9.17, 15) is 4.79 Å². The molecule has 1 atom stereocenters. The Balaban J connectivity index is 1.57. The SMILES string of the molecule is Cc1cnn(CC2CCCN2C(=O)c2cn[nH]c2-c2ccccc2)c1. The number of likely N-dealkylation sites (tertiary alicyclic amines) is 1. The second kappa shape index (κ2) is 6.55. The lowest BCUT2D eigenvalue weighted by Gasteiger charge is -2.24. The molecule has 1 fully saturated rings. The number of hydrogen-bond acceptors (Lipinski definition) is 3. The number of hydrogen-bond donors (Lipinski definition) is 1. The second-order valence-corrected chi connectivity index (χ2v) is 6.56. The molecule has 128 valence electrons. The van der Waals surface area contributed by atoms with Crippen molar-refractivity contribution in [1.29, 1.82) is 0 Å². The first-order valence-corrected chi connectivity index (χ1v) is 8.61. The highest BCUT2D eigenvalue weighted by Crippen LogP contribution is 2.26. The van der Waals surface area contributed by atoms with Gasteiger partial charge in [-0.15, -0.1) is 0 Å². The Hall–Kier alpha value is -2.89. The molecule has 1 unspecified atom stereocenters. The van der Waals surface area contributed by atoms with Gasteiger partial charge >= 0.3 is 0 Å². The van der Waals surface area contributed by atoms with Gasteiger partial charge in [-0.25, -0.2) is 0 Å². The molecule has 0 saturated carbocycles. The maximum atomic E-state index is 13.1.